The predicted molar refractivity (Wildman–Crippen MR) is 213 cm³/mol. The fraction of sp³-hybridized carbons (Fsp3) is 0.714. The van der Waals surface area contributed by atoms with Crippen molar-refractivity contribution in [2.24, 2.45) is 35.0 Å². The topological polar surface area (TPSA) is 195 Å². The molecule has 18 heteroatoms. The van der Waals surface area contributed by atoms with E-state index >= 15 is 0 Å². The molecule has 2 aliphatic heterocycles. The molecule has 328 valence electrons. The maximum Gasteiger partial charge on any atom is 0.408 e. The van der Waals surface area contributed by atoms with Gasteiger partial charge in [0.05, 0.1) is 35.9 Å². The SMILES string of the molecule is COc1ccc2nc3c(nc2c1)O[C@H]1CN(C(=O)[C@H](C(C)(C)C)NC(=O)O[C@H]2CC4CC(C4)[C@@H]2CCCCC3)[C@H](C(=O)N[C@]2(C(=O)NS(=O)(=O)C3CC3)CC2C(F)F)[C@@H]1C. The lowest BCUT2D eigenvalue weighted by molar-refractivity contribution is -0.144. The van der Waals surface area contributed by atoms with Gasteiger partial charge in [0.1, 0.15) is 41.3 Å². The number of halogens is 2. The minimum absolute atomic E-state index is 0.180. The fourth-order valence-electron chi connectivity index (χ4n) is 9.97. The first-order valence-electron chi connectivity index (χ1n) is 21.3. The first kappa shape index (κ1) is 42.3. The van der Waals surface area contributed by atoms with Gasteiger partial charge in [0.25, 0.3) is 5.91 Å². The van der Waals surface area contributed by atoms with E-state index in [0.717, 1.165) is 44.9 Å². The summed E-state index contributed by atoms with van der Waals surface area (Å²) < 4.78 is 74.3. The second-order valence-corrected chi connectivity index (χ2v) is 21.0. The molecule has 1 aromatic carbocycles. The van der Waals surface area contributed by atoms with Gasteiger partial charge in [0.15, 0.2) is 0 Å². The van der Waals surface area contributed by atoms with Gasteiger partial charge in [-0.25, -0.2) is 32.0 Å². The maximum absolute atomic E-state index is 14.9. The highest BCUT2D eigenvalue weighted by Gasteiger charge is 2.67. The number of alkyl halides is 2. The van der Waals surface area contributed by atoms with E-state index in [1.165, 1.54) is 4.90 Å². The Kier molecular flexibility index (Phi) is 11.2. The van der Waals surface area contributed by atoms with Crippen molar-refractivity contribution in [3.63, 3.8) is 0 Å². The van der Waals surface area contributed by atoms with Gasteiger partial charge in [-0.15, -0.1) is 0 Å². The molecule has 2 aromatic rings. The van der Waals surface area contributed by atoms with Gasteiger partial charge in [-0.2, -0.15) is 0 Å². The van der Waals surface area contributed by atoms with Crippen LogP contribution in [0.2, 0.25) is 0 Å². The van der Waals surface area contributed by atoms with Crippen molar-refractivity contribution < 1.29 is 50.6 Å². The molecule has 0 spiro atoms. The normalized spacial score (nSPS) is 33.5. The number of carbonyl (C=O) groups excluding carboxylic acids is 4. The highest BCUT2D eigenvalue weighted by molar-refractivity contribution is 7.91. The van der Waals surface area contributed by atoms with Crippen molar-refractivity contribution in [2.75, 3.05) is 13.7 Å². The average Bonchev–Trinajstić information content (AvgIpc) is 4.10. The van der Waals surface area contributed by atoms with Crippen LogP contribution < -0.4 is 24.8 Å². The minimum atomic E-state index is -4.15. The monoisotopic (exact) mass is 858 g/mol. The van der Waals surface area contributed by atoms with Crippen LogP contribution >= 0.6 is 0 Å². The van der Waals surface area contributed by atoms with Gasteiger partial charge >= 0.3 is 6.09 Å². The second kappa shape index (κ2) is 15.8. The minimum Gasteiger partial charge on any atom is -0.497 e. The highest BCUT2D eigenvalue weighted by Crippen LogP contribution is 2.52. The Morgan fingerprint density at radius 2 is 1.77 bits per heavy atom. The number of ether oxygens (including phenoxy) is 3. The number of hydrogen-bond acceptors (Lipinski definition) is 11. The zero-order valence-corrected chi connectivity index (χ0v) is 35.6. The third kappa shape index (κ3) is 8.20. The summed E-state index contributed by atoms with van der Waals surface area (Å²) in [6.45, 7) is 6.80. The zero-order chi connectivity index (χ0) is 42.9. The van der Waals surface area contributed by atoms with Crippen molar-refractivity contribution in [2.45, 2.75) is 140 Å². The van der Waals surface area contributed by atoms with Crippen molar-refractivity contribution in [3.05, 3.63) is 23.9 Å². The molecule has 3 N–H and O–H groups in total. The number of fused-ring (bicyclic) bond motifs is 4. The number of aryl methyl sites for hydroxylation is 1. The number of carbonyl (C=O) groups is 4. The number of aromatic nitrogens is 2. The Hall–Kier alpha value is -4.35. The molecule has 5 aliphatic carbocycles. The molecular formula is C42H56F2N6O9S. The zero-order valence-electron chi connectivity index (χ0n) is 34.7. The van der Waals surface area contributed by atoms with Crippen molar-refractivity contribution in [3.8, 4) is 11.6 Å². The van der Waals surface area contributed by atoms with E-state index in [9.17, 15) is 36.4 Å². The molecule has 7 aliphatic rings. The Bertz CT molecular complexity index is 2140. The van der Waals surface area contributed by atoms with Crippen molar-refractivity contribution in [1.29, 1.82) is 0 Å². The number of hydrogen-bond donors (Lipinski definition) is 3. The molecular weight excluding hydrogens is 803 g/mol. The number of methoxy groups -OCH3 is 1. The Morgan fingerprint density at radius 3 is 2.43 bits per heavy atom. The van der Waals surface area contributed by atoms with E-state index in [1.807, 2.05) is 10.8 Å². The van der Waals surface area contributed by atoms with E-state index in [2.05, 4.69) is 10.6 Å². The van der Waals surface area contributed by atoms with Crippen LogP contribution in [0.4, 0.5) is 13.6 Å². The van der Waals surface area contributed by atoms with E-state index < -0.39 is 92.9 Å². The Balaban J connectivity index is 1.15. The molecule has 15 nitrogen and oxygen atoms in total. The Labute approximate surface area is 348 Å². The molecule has 4 bridgehead atoms. The summed E-state index contributed by atoms with van der Waals surface area (Å²) in [6.07, 6.45) is 2.16. The number of sulfonamides is 1. The molecule has 1 aromatic heterocycles. The lowest BCUT2D eigenvalue weighted by Crippen LogP contribution is -2.61. The summed E-state index contributed by atoms with van der Waals surface area (Å²) in [5.74, 6) is -3.40. The molecule has 3 heterocycles. The van der Waals surface area contributed by atoms with Gasteiger partial charge in [-0.1, -0.05) is 40.5 Å². The van der Waals surface area contributed by atoms with Crippen LogP contribution in [0.3, 0.4) is 0 Å². The number of benzene rings is 1. The predicted octanol–water partition coefficient (Wildman–Crippen LogP) is 4.65. The maximum atomic E-state index is 14.9. The molecule has 5 saturated carbocycles. The number of rotatable bonds is 7. The quantitative estimate of drug-likeness (QED) is 0.351. The summed E-state index contributed by atoms with van der Waals surface area (Å²) in [5, 5.41) is 4.51. The van der Waals surface area contributed by atoms with E-state index in [1.54, 1.807) is 46.9 Å². The molecule has 6 fully saturated rings. The first-order chi connectivity index (χ1) is 28.4. The number of nitrogens with one attached hydrogen (secondary N) is 3. The summed E-state index contributed by atoms with van der Waals surface area (Å²) in [7, 11) is -2.61. The summed E-state index contributed by atoms with van der Waals surface area (Å²) in [6, 6.07) is 2.73. The molecule has 9 rings (SSSR count). The highest BCUT2D eigenvalue weighted by atomic mass is 32.2. The fourth-order valence-corrected chi connectivity index (χ4v) is 11.3. The van der Waals surface area contributed by atoms with E-state index in [-0.39, 0.29) is 24.4 Å². The van der Waals surface area contributed by atoms with Crippen LogP contribution in [0, 0.1) is 35.0 Å². The van der Waals surface area contributed by atoms with Gasteiger partial charge in [0.2, 0.25) is 34.1 Å². The lowest BCUT2D eigenvalue weighted by Gasteiger charge is -2.50. The van der Waals surface area contributed by atoms with Crippen LogP contribution in [0.1, 0.15) is 97.6 Å². The molecule has 60 heavy (non-hydrogen) atoms. The summed E-state index contributed by atoms with van der Waals surface area (Å²) in [5.41, 5.74) is -1.41. The van der Waals surface area contributed by atoms with Gasteiger partial charge < -0.3 is 29.7 Å². The number of nitrogens with zero attached hydrogens (tertiary/aromatic N) is 3. The van der Waals surface area contributed by atoms with Gasteiger partial charge in [-0.3, -0.25) is 19.1 Å². The van der Waals surface area contributed by atoms with Crippen LogP contribution in [0.15, 0.2) is 18.2 Å². The van der Waals surface area contributed by atoms with Gasteiger partial charge in [-0.05, 0) is 93.1 Å². The van der Waals surface area contributed by atoms with Crippen LogP contribution in [-0.4, -0.2) is 102 Å². The number of alkyl carbamates (subject to hydrolysis) is 1. The van der Waals surface area contributed by atoms with Crippen molar-refractivity contribution in [1.82, 2.24) is 30.2 Å². The molecule has 4 amide bonds. The third-order valence-corrected chi connectivity index (χ3v) is 15.6. The van der Waals surface area contributed by atoms with Crippen LogP contribution in [0.25, 0.3) is 11.0 Å². The van der Waals surface area contributed by atoms with Crippen LogP contribution in [-0.2, 0) is 35.6 Å². The van der Waals surface area contributed by atoms with Gasteiger partial charge in [0, 0.05) is 12.0 Å². The van der Waals surface area contributed by atoms with E-state index in [0.29, 0.717) is 53.6 Å². The molecule has 8 atom stereocenters. The second-order valence-electron chi connectivity index (χ2n) is 19.0. The summed E-state index contributed by atoms with van der Waals surface area (Å²) in [4.78, 5) is 68.0. The third-order valence-electron chi connectivity index (χ3n) is 13.8. The molecule has 1 unspecified atom stereocenters. The largest absolute Gasteiger partial charge is 0.497 e. The van der Waals surface area contributed by atoms with Crippen LogP contribution in [0.5, 0.6) is 11.6 Å². The summed E-state index contributed by atoms with van der Waals surface area (Å²) >= 11 is 0. The average molecular weight is 859 g/mol. The number of amides is 4. The first-order valence-corrected chi connectivity index (χ1v) is 22.9. The van der Waals surface area contributed by atoms with E-state index in [4.69, 9.17) is 24.2 Å². The smallest absolute Gasteiger partial charge is 0.408 e. The lowest BCUT2D eigenvalue weighted by atomic mass is 9.58. The standard InChI is InChI=1S/C42H56F2N6O9S/c1-21-32-20-50(33(21)36(51)48-42(19-27(42)35(43)44)39(53)49-60(55,56)25-12-13-25)38(52)34(41(2,3)4)47-40(54)59-31-17-22-15-23(16-22)26(31)9-7-6-8-10-29-37(58-32)46-30-18-24(57-5)11-14-28(30)45-29/h11,14,18,21-23,25-27,31-35H,6-10,12-13,15-17,19-20H2,1-5H3,(H,47,54)(H,48,51)(H,49,53)/t21-,22?,23?,26+,27?,31+,32+,33+,34-,42-/m1/s1. The molecule has 0 radical (unpaired) electrons. The van der Waals surface area contributed by atoms with Crippen molar-refractivity contribution >= 4 is 44.9 Å². The molecule has 1 saturated heterocycles. The Morgan fingerprint density at radius 1 is 1.02 bits per heavy atom.